The van der Waals surface area contributed by atoms with Crippen molar-refractivity contribution >= 4 is 16.9 Å². The minimum Gasteiger partial charge on any atom is -0.285 e. The van der Waals surface area contributed by atoms with Crippen LogP contribution < -0.4 is 0 Å². The number of hydrogen-bond donors (Lipinski definition) is 0. The summed E-state index contributed by atoms with van der Waals surface area (Å²) in [6.07, 6.45) is 0.802. The van der Waals surface area contributed by atoms with Crippen molar-refractivity contribution in [1.29, 1.82) is 0 Å². The highest BCUT2D eigenvalue weighted by Crippen LogP contribution is 2.46. The van der Waals surface area contributed by atoms with Crippen LogP contribution in [0.4, 0.5) is 0 Å². The first-order valence-corrected chi connectivity index (χ1v) is 9.19. The van der Waals surface area contributed by atoms with Crippen LogP contribution in [-0.4, -0.2) is 27.9 Å². The maximum atomic E-state index is 12.8. The number of rotatable bonds is 6. The molecule has 0 aromatic heterocycles. The van der Waals surface area contributed by atoms with Crippen LogP contribution in [0, 0.1) is 0 Å². The van der Waals surface area contributed by atoms with Gasteiger partial charge in [0.2, 0.25) is 5.12 Å². The standard InChI is InChI=1S/C20H23NOS/c1-3-23-19(22)20(14-17-10-6-4-7-11-17)15-21(20)16(2)18-12-8-5-9-13-18/h4-13,16H,3,14-15H2,1-2H3/t16-,20+,21?/m0/s1. The predicted octanol–water partition coefficient (Wildman–Crippen LogP) is 4.32. The molecular formula is C20H23NOS. The van der Waals surface area contributed by atoms with Gasteiger partial charge in [0.25, 0.3) is 0 Å². The molecule has 1 unspecified atom stereocenters. The van der Waals surface area contributed by atoms with Gasteiger partial charge in [-0.15, -0.1) is 0 Å². The maximum Gasteiger partial charge on any atom is 0.210 e. The van der Waals surface area contributed by atoms with Crippen LogP contribution in [0.25, 0.3) is 0 Å². The van der Waals surface area contributed by atoms with Gasteiger partial charge < -0.3 is 0 Å². The lowest BCUT2D eigenvalue weighted by molar-refractivity contribution is -0.114. The molecule has 120 valence electrons. The Morgan fingerprint density at radius 3 is 2.35 bits per heavy atom. The Labute approximate surface area is 142 Å². The van der Waals surface area contributed by atoms with E-state index < -0.39 is 0 Å². The first kappa shape index (κ1) is 16.3. The number of thioether (sulfide) groups is 1. The number of hydrogen-bond acceptors (Lipinski definition) is 3. The molecule has 1 saturated heterocycles. The minimum absolute atomic E-state index is 0.265. The third kappa shape index (κ3) is 3.36. The predicted molar refractivity (Wildman–Crippen MR) is 97.6 cm³/mol. The molecule has 0 bridgehead atoms. The number of carbonyl (C=O) groups is 1. The Morgan fingerprint density at radius 2 is 1.74 bits per heavy atom. The van der Waals surface area contributed by atoms with Crippen molar-refractivity contribution in [3.8, 4) is 0 Å². The van der Waals surface area contributed by atoms with Crippen LogP contribution in [0.3, 0.4) is 0 Å². The van der Waals surface area contributed by atoms with Gasteiger partial charge in [0, 0.05) is 19.0 Å². The third-order valence-electron chi connectivity index (χ3n) is 4.62. The summed E-state index contributed by atoms with van der Waals surface area (Å²) in [4.78, 5) is 15.1. The van der Waals surface area contributed by atoms with E-state index in [1.807, 2.05) is 31.2 Å². The maximum absolute atomic E-state index is 12.8. The van der Waals surface area contributed by atoms with Gasteiger partial charge in [-0.1, -0.05) is 79.3 Å². The first-order chi connectivity index (χ1) is 11.2. The lowest BCUT2D eigenvalue weighted by Crippen LogP contribution is -2.31. The topological polar surface area (TPSA) is 20.1 Å². The Morgan fingerprint density at radius 1 is 1.13 bits per heavy atom. The van der Waals surface area contributed by atoms with E-state index in [-0.39, 0.29) is 11.6 Å². The van der Waals surface area contributed by atoms with Gasteiger partial charge in [0.05, 0.1) is 0 Å². The second kappa shape index (κ2) is 6.90. The van der Waals surface area contributed by atoms with E-state index in [1.165, 1.54) is 22.9 Å². The molecule has 0 amide bonds. The van der Waals surface area contributed by atoms with Gasteiger partial charge >= 0.3 is 0 Å². The highest BCUT2D eigenvalue weighted by Gasteiger charge is 2.59. The molecule has 1 fully saturated rings. The molecule has 0 aliphatic carbocycles. The highest BCUT2D eigenvalue weighted by atomic mass is 32.2. The zero-order valence-corrected chi connectivity index (χ0v) is 14.6. The molecule has 23 heavy (non-hydrogen) atoms. The average molecular weight is 325 g/mol. The van der Waals surface area contributed by atoms with Gasteiger partial charge in [0.1, 0.15) is 5.54 Å². The molecule has 1 aliphatic heterocycles. The van der Waals surface area contributed by atoms with Crippen LogP contribution in [-0.2, 0) is 11.2 Å². The fourth-order valence-electron chi connectivity index (χ4n) is 3.28. The Balaban J connectivity index is 1.83. The van der Waals surface area contributed by atoms with Gasteiger partial charge in [-0.25, -0.2) is 0 Å². The van der Waals surface area contributed by atoms with E-state index in [4.69, 9.17) is 0 Å². The minimum atomic E-state index is -0.336. The normalized spacial score (nSPS) is 24.2. The molecule has 2 aromatic carbocycles. The van der Waals surface area contributed by atoms with E-state index in [0.717, 1.165) is 18.7 Å². The summed E-state index contributed by atoms with van der Waals surface area (Å²) in [5, 5.41) is 0.312. The van der Waals surface area contributed by atoms with Crippen molar-refractivity contribution in [3.63, 3.8) is 0 Å². The molecule has 2 nitrogen and oxygen atoms in total. The summed E-state index contributed by atoms with van der Waals surface area (Å²) >= 11 is 1.46. The SMILES string of the molecule is CCSC(=O)[C@@]1(Cc2ccccc2)CN1[C@@H](C)c1ccccc1. The lowest BCUT2D eigenvalue weighted by atomic mass is 9.99. The van der Waals surface area contributed by atoms with E-state index in [1.54, 1.807) is 0 Å². The van der Waals surface area contributed by atoms with Crippen molar-refractivity contribution in [1.82, 2.24) is 4.90 Å². The fraction of sp³-hybridized carbons (Fsp3) is 0.350. The van der Waals surface area contributed by atoms with Crippen molar-refractivity contribution in [2.75, 3.05) is 12.3 Å². The van der Waals surface area contributed by atoms with E-state index in [2.05, 4.69) is 48.2 Å². The van der Waals surface area contributed by atoms with Gasteiger partial charge in [-0.05, 0) is 23.8 Å². The van der Waals surface area contributed by atoms with E-state index in [9.17, 15) is 4.79 Å². The van der Waals surface area contributed by atoms with Crippen molar-refractivity contribution in [2.45, 2.75) is 31.8 Å². The second-order valence-corrected chi connectivity index (χ2v) is 7.37. The third-order valence-corrected chi connectivity index (χ3v) is 5.55. The zero-order valence-electron chi connectivity index (χ0n) is 13.7. The van der Waals surface area contributed by atoms with Crippen LogP contribution in [0.1, 0.15) is 31.0 Å². The van der Waals surface area contributed by atoms with Crippen molar-refractivity contribution < 1.29 is 4.79 Å². The summed E-state index contributed by atoms with van der Waals surface area (Å²) in [5.41, 5.74) is 2.18. The molecule has 0 saturated carbocycles. The average Bonchev–Trinajstić information content (AvgIpc) is 3.31. The summed E-state index contributed by atoms with van der Waals surface area (Å²) < 4.78 is 0. The molecule has 3 rings (SSSR count). The molecule has 1 aliphatic rings. The summed E-state index contributed by atoms with van der Waals surface area (Å²) in [5.74, 6) is 0.836. The smallest absolute Gasteiger partial charge is 0.210 e. The molecule has 3 heteroatoms. The van der Waals surface area contributed by atoms with Gasteiger partial charge in [-0.2, -0.15) is 0 Å². The largest absolute Gasteiger partial charge is 0.285 e. The Hall–Kier alpha value is -1.58. The molecule has 1 heterocycles. The lowest BCUT2D eigenvalue weighted by Gasteiger charge is -2.21. The van der Waals surface area contributed by atoms with Gasteiger partial charge in [0.15, 0.2) is 0 Å². The monoisotopic (exact) mass is 325 g/mol. The molecule has 2 aromatic rings. The molecule has 0 N–H and O–H groups in total. The summed E-state index contributed by atoms with van der Waals surface area (Å²) in [6, 6.07) is 21.1. The van der Waals surface area contributed by atoms with E-state index >= 15 is 0 Å². The van der Waals surface area contributed by atoms with Crippen LogP contribution in [0.2, 0.25) is 0 Å². The molecule has 0 radical (unpaired) electrons. The fourth-order valence-corrected chi connectivity index (χ4v) is 4.06. The zero-order chi connectivity index (χ0) is 16.3. The Bertz CT molecular complexity index is 658. The van der Waals surface area contributed by atoms with Crippen molar-refractivity contribution in [2.24, 2.45) is 0 Å². The quantitative estimate of drug-likeness (QED) is 0.738. The van der Waals surface area contributed by atoms with Crippen molar-refractivity contribution in [3.05, 3.63) is 71.8 Å². The Kier molecular flexibility index (Phi) is 4.88. The van der Waals surface area contributed by atoms with Gasteiger partial charge in [-0.3, -0.25) is 9.69 Å². The number of carbonyl (C=O) groups excluding carboxylic acids is 1. The van der Waals surface area contributed by atoms with Crippen LogP contribution in [0.5, 0.6) is 0 Å². The second-order valence-electron chi connectivity index (χ2n) is 6.13. The number of benzene rings is 2. The molecule has 3 atom stereocenters. The molecule has 0 spiro atoms. The van der Waals surface area contributed by atoms with E-state index in [0.29, 0.717) is 5.12 Å². The molecular weight excluding hydrogens is 302 g/mol. The summed E-state index contributed by atoms with van der Waals surface area (Å²) in [6.45, 7) is 5.10. The highest BCUT2D eigenvalue weighted by molar-refractivity contribution is 8.13. The van der Waals surface area contributed by atoms with Crippen LogP contribution >= 0.6 is 11.8 Å². The summed E-state index contributed by atoms with van der Waals surface area (Å²) in [7, 11) is 0. The first-order valence-electron chi connectivity index (χ1n) is 8.20. The van der Waals surface area contributed by atoms with Crippen LogP contribution in [0.15, 0.2) is 60.7 Å². The number of nitrogens with zero attached hydrogens (tertiary/aromatic N) is 1.